The summed E-state index contributed by atoms with van der Waals surface area (Å²) in [6.07, 6.45) is 2.74. The standard InChI is InChI=1S/C16H19N3O/c1-12-7-8-18(9-13(12)2)16(20)10-19-11-17-14-5-3-4-6-15(14)19/h3-6,11H,7-10H2,1-2H3. The van der Waals surface area contributed by atoms with Crippen LogP contribution in [0.1, 0.15) is 20.3 Å². The lowest BCUT2D eigenvalue weighted by Gasteiger charge is -2.29. The van der Waals surface area contributed by atoms with Gasteiger partial charge >= 0.3 is 0 Å². The molecule has 1 aliphatic heterocycles. The smallest absolute Gasteiger partial charge is 0.242 e. The molecular weight excluding hydrogens is 250 g/mol. The van der Waals surface area contributed by atoms with Crippen molar-refractivity contribution in [1.82, 2.24) is 14.5 Å². The van der Waals surface area contributed by atoms with Crippen LogP contribution in [0.5, 0.6) is 0 Å². The summed E-state index contributed by atoms with van der Waals surface area (Å²) in [5, 5.41) is 0. The van der Waals surface area contributed by atoms with E-state index >= 15 is 0 Å². The molecule has 20 heavy (non-hydrogen) atoms. The molecule has 0 aliphatic carbocycles. The fourth-order valence-electron chi connectivity index (χ4n) is 2.61. The Hall–Kier alpha value is -2.10. The van der Waals surface area contributed by atoms with Gasteiger partial charge in [0, 0.05) is 13.1 Å². The normalized spacial score (nSPS) is 16.0. The quantitative estimate of drug-likeness (QED) is 0.786. The number of hydrogen-bond acceptors (Lipinski definition) is 2. The van der Waals surface area contributed by atoms with E-state index in [-0.39, 0.29) is 5.91 Å². The Bertz CT molecular complexity index is 684. The van der Waals surface area contributed by atoms with Crippen LogP contribution in [0.3, 0.4) is 0 Å². The van der Waals surface area contributed by atoms with Crippen molar-refractivity contribution in [3.8, 4) is 0 Å². The van der Waals surface area contributed by atoms with Gasteiger partial charge in [0.2, 0.25) is 5.91 Å². The minimum absolute atomic E-state index is 0.167. The Labute approximate surface area is 118 Å². The van der Waals surface area contributed by atoms with Gasteiger partial charge in [-0.25, -0.2) is 4.98 Å². The average molecular weight is 269 g/mol. The Morgan fingerprint density at radius 2 is 2.05 bits per heavy atom. The third-order valence-electron chi connectivity index (χ3n) is 4.10. The predicted octanol–water partition coefficient (Wildman–Crippen LogP) is 2.61. The van der Waals surface area contributed by atoms with Gasteiger partial charge in [-0.15, -0.1) is 0 Å². The van der Waals surface area contributed by atoms with Crippen molar-refractivity contribution >= 4 is 16.9 Å². The predicted molar refractivity (Wildman–Crippen MR) is 79.3 cm³/mol. The van der Waals surface area contributed by atoms with Crippen LogP contribution < -0.4 is 0 Å². The summed E-state index contributed by atoms with van der Waals surface area (Å²) >= 11 is 0. The number of carbonyl (C=O) groups excluding carboxylic acids is 1. The highest BCUT2D eigenvalue weighted by Gasteiger charge is 2.19. The van der Waals surface area contributed by atoms with Crippen LogP contribution in [0.15, 0.2) is 41.7 Å². The molecule has 0 N–H and O–H groups in total. The minimum atomic E-state index is 0.167. The molecule has 0 saturated heterocycles. The van der Waals surface area contributed by atoms with Gasteiger partial charge in [0.25, 0.3) is 0 Å². The van der Waals surface area contributed by atoms with E-state index in [0.29, 0.717) is 6.54 Å². The zero-order valence-electron chi connectivity index (χ0n) is 12.0. The van der Waals surface area contributed by atoms with Gasteiger partial charge in [-0.05, 0) is 32.4 Å². The van der Waals surface area contributed by atoms with Crippen molar-refractivity contribution < 1.29 is 4.79 Å². The van der Waals surface area contributed by atoms with Gasteiger partial charge in [0.15, 0.2) is 0 Å². The summed E-state index contributed by atoms with van der Waals surface area (Å²) in [6.45, 7) is 6.22. The first-order valence-electron chi connectivity index (χ1n) is 6.98. The summed E-state index contributed by atoms with van der Waals surface area (Å²) in [5.41, 5.74) is 4.69. The lowest BCUT2D eigenvalue weighted by atomic mass is 10.0. The van der Waals surface area contributed by atoms with Crippen LogP contribution in [0.2, 0.25) is 0 Å². The number of rotatable bonds is 2. The van der Waals surface area contributed by atoms with Crippen LogP contribution in [-0.2, 0) is 11.3 Å². The van der Waals surface area contributed by atoms with Gasteiger partial charge in [-0.3, -0.25) is 4.79 Å². The van der Waals surface area contributed by atoms with E-state index in [1.807, 2.05) is 33.7 Å². The molecular formula is C16H19N3O. The molecule has 0 bridgehead atoms. The van der Waals surface area contributed by atoms with Crippen molar-refractivity contribution in [1.29, 1.82) is 0 Å². The first kappa shape index (κ1) is 12.9. The molecule has 0 radical (unpaired) electrons. The molecule has 4 heteroatoms. The highest BCUT2D eigenvalue weighted by molar-refractivity contribution is 5.80. The highest BCUT2D eigenvalue weighted by atomic mass is 16.2. The first-order chi connectivity index (χ1) is 9.65. The summed E-state index contributed by atoms with van der Waals surface area (Å²) < 4.78 is 1.93. The van der Waals surface area contributed by atoms with Crippen molar-refractivity contribution in [2.24, 2.45) is 0 Å². The fourth-order valence-corrected chi connectivity index (χ4v) is 2.61. The van der Waals surface area contributed by atoms with Crippen LogP contribution >= 0.6 is 0 Å². The largest absolute Gasteiger partial charge is 0.337 e. The molecule has 1 aliphatic rings. The number of hydrogen-bond donors (Lipinski definition) is 0. The third-order valence-corrected chi connectivity index (χ3v) is 4.10. The topological polar surface area (TPSA) is 38.1 Å². The van der Waals surface area contributed by atoms with Crippen molar-refractivity contribution in [3.63, 3.8) is 0 Å². The van der Waals surface area contributed by atoms with Crippen molar-refractivity contribution in [2.75, 3.05) is 13.1 Å². The van der Waals surface area contributed by atoms with Crippen LogP contribution in [-0.4, -0.2) is 33.4 Å². The lowest BCUT2D eigenvalue weighted by Crippen LogP contribution is -2.38. The molecule has 1 aromatic carbocycles. The zero-order chi connectivity index (χ0) is 14.1. The maximum Gasteiger partial charge on any atom is 0.242 e. The summed E-state index contributed by atoms with van der Waals surface area (Å²) in [6, 6.07) is 7.90. The van der Waals surface area contributed by atoms with E-state index in [1.165, 1.54) is 11.1 Å². The molecule has 3 rings (SSSR count). The minimum Gasteiger partial charge on any atom is -0.337 e. The Kier molecular flexibility index (Phi) is 3.30. The second-order valence-electron chi connectivity index (χ2n) is 5.49. The number of imidazole rings is 1. The fraction of sp³-hybridized carbons (Fsp3) is 0.375. The number of nitrogens with zero attached hydrogens (tertiary/aromatic N) is 3. The van der Waals surface area contributed by atoms with Gasteiger partial charge in [0.1, 0.15) is 6.54 Å². The van der Waals surface area contributed by atoms with Crippen LogP contribution in [0.25, 0.3) is 11.0 Å². The Balaban J connectivity index is 1.77. The molecule has 0 saturated carbocycles. The van der Waals surface area contributed by atoms with E-state index in [9.17, 15) is 4.79 Å². The van der Waals surface area contributed by atoms with E-state index in [0.717, 1.165) is 30.5 Å². The maximum atomic E-state index is 12.4. The lowest BCUT2D eigenvalue weighted by molar-refractivity contribution is -0.131. The van der Waals surface area contributed by atoms with Crippen molar-refractivity contribution in [2.45, 2.75) is 26.8 Å². The number of benzene rings is 1. The van der Waals surface area contributed by atoms with Gasteiger partial charge in [0.05, 0.1) is 17.4 Å². The first-order valence-corrected chi connectivity index (χ1v) is 6.98. The van der Waals surface area contributed by atoms with Gasteiger partial charge in [-0.2, -0.15) is 0 Å². The summed E-state index contributed by atoms with van der Waals surface area (Å²) in [5.74, 6) is 0.167. The van der Waals surface area contributed by atoms with Gasteiger partial charge < -0.3 is 9.47 Å². The third kappa shape index (κ3) is 2.33. The number of carbonyl (C=O) groups is 1. The second kappa shape index (κ2) is 5.12. The molecule has 1 aromatic heterocycles. The number of para-hydroxylation sites is 2. The second-order valence-corrected chi connectivity index (χ2v) is 5.49. The number of amides is 1. The molecule has 2 heterocycles. The monoisotopic (exact) mass is 269 g/mol. The van der Waals surface area contributed by atoms with E-state index in [4.69, 9.17) is 0 Å². The number of aromatic nitrogens is 2. The maximum absolute atomic E-state index is 12.4. The molecule has 1 amide bonds. The number of fused-ring (bicyclic) bond motifs is 1. The van der Waals surface area contributed by atoms with E-state index < -0.39 is 0 Å². The van der Waals surface area contributed by atoms with Crippen molar-refractivity contribution in [3.05, 3.63) is 41.7 Å². The Morgan fingerprint density at radius 3 is 2.85 bits per heavy atom. The van der Waals surface area contributed by atoms with Crippen LogP contribution in [0, 0.1) is 0 Å². The molecule has 4 nitrogen and oxygen atoms in total. The summed E-state index contributed by atoms with van der Waals surface area (Å²) in [4.78, 5) is 18.7. The molecule has 104 valence electrons. The summed E-state index contributed by atoms with van der Waals surface area (Å²) in [7, 11) is 0. The highest BCUT2D eigenvalue weighted by Crippen LogP contribution is 2.18. The van der Waals surface area contributed by atoms with E-state index in [2.05, 4.69) is 18.8 Å². The molecule has 0 atom stereocenters. The van der Waals surface area contributed by atoms with Gasteiger partial charge in [-0.1, -0.05) is 23.3 Å². The Morgan fingerprint density at radius 1 is 1.25 bits per heavy atom. The SMILES string of the molecule is CC1=C(C)CN(C(=O)Cn2cnc3ccccc32)CC1. The van der Waals surface area contributed by atoms with Crippen LogP contribution in [0.4, 0.5) is 0 Å². The zero-order valence-corrected chi connectivity index (χ0v) is 12.0. The molecule has 2 aromatic rings. The van der Waals surface area contributed by atoms with E-state index in [1.54, 1.807) is 6.33 Å². The molecule has 0 fully saturated rings. The average Bonchev–Trinajstić information content (AvgIpc) is 2.85. The molecule has 0 unspecified atom stereocenters. The molecule has 0 spiro atoms.